The van der Waals surface area contributed by atoms with Gasteiger partial charge in [-0.05, 0) is 136 Å². The number of nitrogens with zero attached hydrogens (tertiary/aromatic N) is 1. The number of rotatable bonds is 6. The molecule has 3 aromatic heterocycles. The van der Waals surface area contributed by atoms with Crippen LogP contribution >= 0.6 is 0 Å². The summed E-state index contributed by atoms with van der Waals surface area (Å²) in [7, 11) is 2.44. The molecule has 1 aliphatic carbocycles. The standard InChI is InChI=1S/C64H50BN2O2/c1-37-24-26-40(27-25-37)66-52-32-44-41-20-12-14-22-55(41)68-57(44)34-43(52)46-30-48(59(38-16-8-6-9-17-38)39-18-10-7-11-19-39)60-47-31-49-50(64(4,5)29-28-63(49,2)3)35-53(47)67-54-33-45-42-21-13-15-23-56(42)69-58(45)36-51(54)65-61(46)62(60)67/h6-27,30-36,59,66H,28-29H2,1-5H3. The first kappa shape index (κ1) is 40.3. The van der Waals surface area contributed by atoms with Gasteiger partial charge >= 0.3 is 0 Å². The van der Waals surface area contributed by atoms with Crippen LogP contribution in [0.25, 0.3) is 82.5 Å². The van der Waals surface area contributed by atoms with E-state index in [9.17, 15) is 0 Å². The van der Waals surface area contributed by atoms with E-state index < -0.39 is 0 Å². The number of anilines is 2. The van der Waals surface area contributed by atoms with E-state index in [0.717, 1.165) is 84.7 Å². The maximum Gasteiger partial charge on any atom is 0.198 e. The SMILES string of the molecule is Cc1ccc(Nc2cc3c(cc2-c2cc(C(c4ccccc4)c4ccccc4)c4c5cc6c(cc5n5c4c2[B]c2cc4oc7ccccc7c4cc2-5)C(C)(C)CCC6(C)C)oc2ccccc23)cc1. The zero-order valence-electron chi connectivity index (χ0n) is 39.6. The number of para-hydroxylation sites is 2. The van der Waals surface area contributed by atoms with Crippen LogP contribution in [0.5, 0.6) is 0 Å². The Kier molecular flexibility index (Phi) is 8.55. The molecular formula is C64H50BN2O2. The third-order valence-corrected chi connectivity index (χ3v) is 15.9. The minimum absolute atomic E-state index is 0.0100. The van der Waals surface area contributed by atoms with Crippen LogP contribution in [0.15, 0.2) is 185 Å². The van der Waals surface area contributed by atoms with E-state index >= 15 is 0 Å². The van der Waals surface area contributed by atoms with Crippen LogP contribution in [0.2, 0.25) is 0 Å². The normalized spacial score (nSPS) is 14.8. The van der Waals surface area contributed by atoms with Gasteiger partial charge in [0.15, 0.2) is 7.28 Å². The summed E-state index contributed by atoms with van der Waals surface area (Å²) < 4.78 is 16.1. The molecule has 0 spiro atoms. The lowest BCUT2D eigenvalue weighted by Gasteiger charge is -2.42. The van der Waals surface area contributed by atoms with Gasteiger partial charge in [-0.1, -0.05) is 148 Å². The summed E-state index contributed by atoms with van der Waals surface area (Å²) in [6, 6.07) is 64.8. The van der Waals surface area contributed by atoms with Crippen LogP contribution < -0.4 is 16.2 Å². The maximum absolute atomic E-state index is 6.77. The smallest absolute Gasteiger partial charge is 0.198 e. The molecule has 4 nitrogen and oxygen atoms in total. The van der Waals surface area contributed by atoms with Gasteiger partial charge in [-0.25, -0.2) is 0 Å². The van der Waals surface area contributed by atoms with Gasteiger partial charge in [-0.15, -0.1) is 0 Å². The molecule has 5 heteroatoms. The van der Waals surface area contributed by atoms with Crippen molar-refractivity contribution in [2.75, 3.05) is 5.32 Å². The number of furan rings is 2. The average molecular weight is 890 g/mol. The Bertz CT molecular complexity index is 4040. The molecule has 0 saturated carbocycles. The molecule has 0 atom stereocenters. The third-order valence-electron chi connectivity index (χ3n) is 15.9. The minimum atomic E-state index is -0.0788. The van der Waals surface area contributed by atoms with Gasteiger partial charge < -0.3 is 18.7 Å². The number of hydrogen-bond donors (Lipinski definition) is 1. The summed E-state index contributed by atoms with van der Waals surface area (Å²) in [5.41, 5.74) is 21.6. The van der Waals surface area contributed by atoms with Crippen molar-refractivity contribution in [2.24, 2.45) is 0 Å². The van der Waals surface area contributed by atoms with Crippen molar-refractivity contribution >= 4 is 95.3 Å². The maximum atomic E-state index is 6.77. The monoisotopic (exact) mass is 889 g/mol. The summed E-state index contributed by atoms with van der Waals surface area (Å²) in [6.45, 7) is 11.9. The van der Waals surface area contributed by atoms with E-state index in [0.29, 0.717) is 0 Å². The fourth-order valence-corrected chi connectivity index (χ4v) is 12.1. The Morgan fingerprint density at radius 3 is 1.77 bits per heavy atom. The molecule has 0 saturated heterocycles. The van der Waals surface area contributed by atoms with Crippen molar-refractivity contribution in [2.45, 2.75) is 64.2 Å². The van der Waals surface area contributed by atoms with Crippen molar-refractivity contribution in [1.29, 1.82) is 0 Å². The predicted octanol–water partition coefficient (Wildman–Crippen LogP) is 15.8. The molecule has 1 radical (unpaired) electrons. The predicted molar refractivity (Wildman–Crippen MR) is 289 cm³/mol. The quantitative estimate of drug-likeness (QED) is 0.134. The second-order valence-corrected chi connectivity index (χ2v) is 21.1. The molecule has 2 aliphatic rings. The van der Waals surface area contributed by atoms with Crippen molar-refractivity contribution < 1.29 is 8.83 Å². The summed E-state index contributed by atoms with van der Waals surface area (Å²) in [5, 5.41) is 11.0. The van der Waals surface area contributed by atoms with E-state index in [1.54, 1.807) is 0 Å². The van der Waals surface area contributed by atoms with Crippen LogP contribution in [0.3, 0.4) is 0 Å². The molecule has 0 bridgehead atoms. The molecule has 0 unspecified atom stereocenters. The Labute approximate surface area is 402 Å². The molecule has 69 heavy (non-hydrogen) atoms. The first-order valence-corrected chi connectivity index (χ1v) is 24.5. The van der Waals surface area contributed by atoms with E-state index in [4.69, 9.17) is 8.83 Å². The lowest BCUT2D eigenvalue weighted by atomic mass is 9.58. The Morgan fingerprint density at radius 2 is 1.12 bits per heavy atom. The highest BCUT2D eigenvalue weighted by Gasteiger charge is 2.40. The molecule has 9 aromatic carbocycles. The molecule has 4 heterocycles. The van der Waals surface area contributed by atoms with Crippen molar-refractivity contribution in [3.05, 3.63) is 209 Å². The molecule has 14 rings (SSSR count). The molecule has 1 N–H and O–H groups in total. The van der Waals surface area contributed by atoms with Crippen LogP contribution in [0.1, 0.15) is 79.8 Å². The number of hydrogen-bond acceptors (Lipinski definition) is 3. The Balaban J connectivity index is 1.18. The lowest BCUT2D eigenvalue weighted by Crippen LogP contribution is -2.37. The molecule has 1 aliphatic heterocycles. The van der Waals surface area contributed by atoms with Crippen molar-refractivity contribution in [3.63, 3.8) is 0 Å². The number of aryl methyl sites for hydroxylation is 1. The highest BCUT2D eigenvalue weighted by atomic mass is 16.3. The molecule has 0 fully saturated rings. The van der Waals surface area contributed by atoms with E-state index in [1.807, 2.05) is 0 Å². The number of nitrogens with one attached hydrogen (secondary N) is 1. The summed E-state index contributed by atoms with van der Waals surface area (Å²) >= 11 is 0. The van der Waals surface area contributed by atoms with Gasteiger partial charge in [0.1, 0.15) is 22.3 Å². The highest BCUT2D eigenvalue weighted by Crippen LogP contribution is 2.51. The van der Waals surface area contributed by atoms with Gasteiger partial charge in [-0.2, -0.15) is 0 Å². The van der Waals surface area contributed by atoms with Gasteiger partial charge in [0, 0.05) is 66.4 Å². The van der Waals surface area contributed by atoms with Crippen molar-refractivity contribution in [3.8, 4) is 16.8 Å². The minimum Gasteiger partial charge on any atom is -0.456 e. The topological polar surface area (TPSA) is 43.2 Å². The van der Waals surface area contributed by atoms with Crippen LogP contribution in [0, 0.1) is 6.92 Å². The second kappa shape index (κ2) is 14.6. The Hall–Kier alpha value is -7.76. The Morgan fingerprint density at radius 1 is 0.536 bits per heavy atom. The highest BCUT2D eigenvalue weighted by molar-refractivity contribution is 6.74. The fraction of sp³-hybridized carbons (Fsp3) is 0.156. The number of benzene rings is 9. The lowest BCUT2D eigenvalue weighted by molar-refractivity contribution is 0.332. The van der Waals surface area contributed by atoms with Crippen LogP contribution in [-0.4, -0.2) is 11.8 Å². The average Bonchev–Trinajstić information content (AvgIpc) is 4.03. The molecule has 12 aromatic rings. The zero-order valence-corrected chi connectivity index (χ0v) is 39.6. The largest absolute Gasteiger partial charge is 0.456 e. The first-order valence-electron chi connectivity index (χ1n) is 24.5. The zero-order chi connectivity index (χ0) is 46.3. The summed E-state index contributed by atoms with van der Waals surface area (Å²) in [4.78, 5) is 0. The molecular weight excluding hydrogens is 840 g/mol. The molecule has 0 amide bonds. The first-order chi connectivity index (χ1) is 33.6. The van der Waals surface area contributed by atoms with E-state index in [-0.39, 0.29) is 16.7 Å². The number of fused-ring (bicyclic) bond motifs is 12. The summed E-state index contributed by atoms with van der Waals surface area (Å²) in [5.74, 6) is -0.0788. The van der Waals surface area contributed by atoms with Crippen LogP contribution in [-0.2, 0) is 10.8 Å². The van der Waals surface area contributed by atoms with Gasteiger partial charge in [-0.3, -0.25) is 0 Å². The second-order valence-electron chi connectivity index (χ2n) is 21.1. The van der Waals surface area contributed by atoms with Crippen molar-refractivity contribution in [1.82, 2.24) is 4.57 Å². The van der Waals surface area contributed by atoms with Gasteiger partial charge in [0.2, 0.25) is 0 Å². The van der Waals surface area contributed by atoms with E-state index in [1.165, 1.54) is 66.3 Å². The van der Waals surface area contributed by atoms with Crippen LogP contribution in [0.4, 0.5) is 11.4 Å². The van der Waals surface area contributed by atoms with Gasteiger partial charge in [0.25, 0.3) is 0 Å². The molecule has 331 valence electrons. The fourth-order valence-electron chi connectivity index (χ4n) is 12.1. The number of aromatic nitrogens is 1. The van der Waals surface area contributed by atoms with Gasteiger partial charge in [0.05, 0.1) is 5.52 Å². The van der Waals surface area contributed by atoms with E-state index in [2.05, 4.69) is 228 Å². The summed E-state index contributed by atoms with van der Waals surface area (Å²) in [6.07, 6.45) is 2.27. The third kappa shape index (κ3) is 6.09.